The first kappa shape index (κ1) is 14.5. The van der Waals surface area contributed by atoms with E-state index in [-0.39, 0.29) is 6.04 Å². The maximum absolute atomic E-state index is 11.4. The van der Waals surface area contributed by atoms with E-state index in [1.807, 2.05) is 17.5 Å². The average molecular weight is 313 g/mol. The van der Waals surface area contributed by atoms with Crippen molar-refractivity contribution in [1.29, 1.82) is 5.26 Å². The second-order valence-corrected chi connectivity index (χ2v) is 6.14. The van der Waals surface area contributed by atoms with E-state index in [1.54, 1.807) is 12.1 Å². The lowest BCUT2D eigenvalue weighted by molar-refractivity contribution is 0.106. The fourth-order valence-electron chi connectivity index (χ4n) is 2.71. The van der Waals surface area contributed by atoms with Crippen molar-refractivity contribution in [2.75, 3.05) is 6.54 Å². The maximum atomic E-state index is 11.4. The Morgan fingerprint density at radius 2 is 2.14 bits per heavy atom. The molecule has 0 unspecified atom stereocenters. The molecule has 0 saturated carbocycles. The second kappa shape index (κ2) is 6.16. The second-order valence-electron chi connectivity index (χ2n) is 5.25. The first-order chi connectivity index (χ1) is 10.7. The van der Waals surface area contributed by atoms with Crippen molar-refractivity contribution in [3.8, 4) is 17.3 Å². The van der Waals surface area contributed by atoms with Crippen LogP contribution in [-0.2, 0) is 0 Å². The zero-order chi connectivity index (χ0) is 15.5. The molecule has 112 valence electrons. The van der Waals surface area contributed by atoms with Crippen LogP contribution in [0.4, 0.5) is 4.79 Å². The van der Waals surface area contributed by atoms with Crippen molar-refractivity contribution in [3.05, 3.63) is 40.2 Å². The van der Waals surface area contributed by atoms with Crippen LogP contribution in [0.1, 0.15) is 35.9 Å². The number of aromatic nitrogens is 1. The van der Waals surface area contributed by atoms with Gasteiger partial charge in [0.15, 0.2) is 0 Å². The number of benzene rings is 1. The summed E-state index contributed by atoms with van der Waals surface area (Å²) in [7, 11) is 0. The molecular formula is C16H15N3O2S. The van der Waals surface area contributed by atoms with Crippen molar-refractivity contribution in [2.24, 2.45) is 0 Å². The molecule has 1 aromatic heterocycles. The third-order valence-corrected chi connectivity index (χ3v) is 4.81. The lowest BCUT2D eigenvalue weighted by atomic mass is 10.0. The van der Waals surface area contributed by atoms with Crippen LogP contribution in [0, 0.1) is 11.3 Å². The molecule has 1 atom stereocenters. The Kier molecular flexibility index (Phi) is 4.07. The minimum absolute atomic E-state index is 0.136. The molecule has 2 aromatic rings. The fraction of sp³-hybridized carbons (Fsp3) is 0.312. The van der Waals surface area contributed by atoms with Crippen LogP contribution < -0.4 is 0 Å². The van der Waals surface area contributed by atoms with E-state index < -0.39 is 6.09 Å². The normalized spacial score (nSPS) is 18.0. The molecule has 1 N–H and O–H groups in total. The van der Waals surface area contributed by atoms with E-state index in [9.17, 15) is 9.90 Å². The molecule has 1 saturated heterocycles. The highest BCUT2D eigenvalue weighted by Gasteiger charge is 2.29. The lowest BCUT2D eigenvalue weighted by Crippen LogP contribution is -2.37. The number of nitrogens with zero attached hydrogens (tertiary/aromatic N) is 3. The van der Waals surface area contributed by atoms with Gasteiger partial charge in [-0.15, -0.1) is 11.3 Å². The van der Waals surface area contributed by atoms with Gasteiger partial charge in [0.1, 0.15) is 5.01 Å². The van der Waals surface area contributed by atoms with E-state index >= 15 is 0 Å². The van der Waals surface area contributed by atoms with Gasteiger partial charge in [-0.05, 0) is 31.4 Å². The molecule has 0 bridgehead atoms. The predicted molar refractivity (Wildman–Crippen MR) is 83.6 cm³/mol. The molecule has 6 heteroatoms. The molecule has 5 nitrogen and oxygen atoms in total. The van der Waals surface area contributed by atoms with Gasteiger partial charge in [-0.2, -0.15) is 5.26 Å². The Hall–Kier alpha value is -2.39. The van der Waals surface area contributed by atoms with Gasteiger partial charge in [-0.25, -0.2) is 9.78 Å². The zero-order valence-corrected chi connectivity index (χ0v) is 12.7. The van der Waals surface area contributed by atoms with Crippen LogP contribution in [-0.4, -0.2) is 27.6 Å². The molecule has 1 aliphatic rings. The number of amides is 1. The molecular weight excluding hydrogens is 298 g/mol. The van der Waals surface area contributed by atoms with Crippen LogP contribution in [0.15, 0.2) is 29.6 Å². The van der Waals surface area contributed by atoms with Gasteiger partial charge in [-0.1, -0.05) is 12.1 Å². The van der Waals surface area contributed by atoms with Gasteiger partial charge in [0.25, 0.3) is 0 Å². The minimum atomic E-state index is -0.875. The number of hydrogen-bond donors (Lipinski definition) is 1. The van der Waals surface area contributed by atoms with Crippen LogP contribution in [0.2, 0.25) is 0 Å². The van der Waals surface area contributed by atoms with Gasteiger partial charge in [0, 0.05) is 17.5 Å². The van der Waals surface area contributed by atoms with Crippen molar-refractivity contribution in [3.63, 3.8) is 0 Å². The third kappa shape index (κ3) is 2.81. The Labute approximate surface area is 132 Å². The summed E-state index contributed by atoms with van der Waals surface area (Å²) >= 11 is 1.50. The van der Waals surface area contributed by atoms with Crippen LogP contribution in [0.25, 0.3) is 11.3 Å². The van der Waals surface area contributed by atoms with E-state index in [0.29, 0.717) is 12.1 Å². The minimum Gasteiger partial charge on any atom is -0.465 e. The van der Waals surface area contributed by atoms with Gasteiger partial charge in [0.05, 0.1) is 23.4 Å². The summed E-state index contributed by atoms with van der Waals surface area (Å²) in [4.78, 5) is 17.5. The molecule has 3 rings (SSSR count). The lowest BCUT2D eigenvalue weighted by Gasteiger charge is -2.32. The van der Waals surface area contributed by atoms with Crippen molar-refractivity contribution in [2.45, 2.75) is 25.3 Å². The number of carboxylic acid groups (broad SMARTS) is 1. The number of nitriles is 1. The largest absolute Gasteiger partial charge is 0.465 e. The smallest absolute Gasteiger partial charge is 0.407 e. The first-order valence-electron chi connectivity index (χ1n) is 7.14. The van der Waals surface area contributed by atoms with E-state index in [1.165, 1.54) is 16.2 Å². The SMILES string of the molecule is N#Cc1ccc(-c2csc([C@H]3CCCCN3C(=O)O)n2)cc1. The summed E-state index contributed by atoms with van der Waals surface area (Å²) in [5, 5.41) is 21.0. The molecule has 0 aliphatic carbocycles. The Bertz CT molecular complexity index is 718. The highest BCUT2D eigenvalue weighted by atomic mass is 32.1. The van der Waals surface area contributed by atoms with Crippen LogP contribution in [0.3, 0.4) is 0 Å². The number of likely N-dealkylation sites (tertiary alicyclic amines) is 1. The molecule has 0 spiro atoms. The third-order valence-electron chi connectivity index (χ3n) is 3.87. The molecule has 0 radical (unpaired) electrons. The summed E-state index contributed by atoms with van der Waals surface area (Å²) in [5.41, 5.74) is 2.39. The number of carbonyl (C=O) groups is 1. The van der Waals surface area contributed by atoms with Crippen molar-refractivity contribution < 1.29 is 9.90 Å². The molecule has 1 amide bonds. The predicted octanol–water partition coefficient (Wildman–Crippen LogP) is 3.89. The quantitative estimate of drug-likeness (QED) is 0.912. The Morgan fingerprint density at radius 3 is 2.82 bits per heavy atom. The highest BCUT2D eigenvalue weighted by Crippen LogP contribution is 2.34. The van der Waals surface area contributed by atoms with E-state index in [4.69, 9.17) is 5.26 Å². The number of rotatable bonds is 2. The van der Waals surface area contributed by atoms with Crippen molar-refractivity contribution in [1.82, 2.24) is 9.88 Å². The first-order valence-corrected chi connectivity index (χ1v) is 8.02. The highest BCUT2D eigenvalue weighted by molar-refractivity contribution is 7.10. The van der Waals surface area contributed by atoms with Crippen LogP contribution in [0.5, 0.6) is 0 Å². The molecule has 1 aliphatic heterocycles. The van der Waals surface area contributed by atoms with Gasteiger partial charge < -0.3 is 5.11 Å². The van der Waals surface area contributed by atoms with Gasteiger partial charge >= 0.3 is 6.09 Å². The molecule has 22 heavy (non-hydrogen) atoms. The van der Waals surface area contributed by atoms with Crippen molar-refractivity contribution >= 4 is 17.4 Å². The Morgan fingerprint density at radius 1 is 1.36 bits per heavy atom. The Balaban J connectivity index is 1.86. The zero-order valence-electron chi connectivity index (χ0n) is 11.9. The number of thiazole rings is 1. The molecule has 1 aromatic carbocycles. The van der Waals surface area contributed by atoms with Gasteiger partial charge in [0.2, 0.25) is 0 Å². The summed E-state index contributed by atoms with van der Waals surface area (Å²) in [6, 6.07) is 9.22. The summed E-state index contributed by atoms with van der Waals surface area (Å²) in [6.07, 6.45) is 1.89. The summed E-state index contributed by atoms with van der Waals surface area (Å²) < 4.78 is 0. The van der Waals surface area contributed by atoms with Crippen LogP contribution >= 0.6 is 11.3 Å². The standard InChI is InChI=1S/C16H15N3O2S/c17-9-11-4-6-12(7-5-11)13-10-22-15(18-13)14-3-1-2-8-19(14)16(20)21/h4-7,10,14H,1-3,8H2,(H,20,21)/t14-/m1/s1. The van der Waals surface area contributed by atoms with E-state index in [0.717, 1.165) is 35.5 Å². The number of piperidine rings is 1. The number of hydrogen-bond acceptors (Lipinski definition) is 4. The molecule has 1 fully saturated rings. The summed E-state index contributed by atoms with van der Waals surface area (Å²) in [5.74, 6) is 0. The maximum Gasteiger partial charge on any atom is 0.407 e. The molecule has 2 heterocycles. The average Bonchev–Trinajstić information content (AvgIpc) is 3.04. The topological polar surface area (TPSA) is 77.2 Å². The summed E-state index contributed by atoms with van der Waals surface area (Å²) in [6.45, 7) is 0.575. The van der Waals surface area contributed by atoms with E-state index in [2.05, 4.69) is 11.1 Å². The fourth-order valence-corrected chi connectivity index (χ4v) is 3.68. The van der Waals surface area contributed by atoms with Gasteiger partial charge in [-0.3, -0.25) is 4.90 Å². The monoisotopic (exact) mass is 313 g/mol.